The van der Waals surface area contributed by atoms with Crippen molar-refractivity contribution in [2.24, 2.45) is 0 Å². The lowest BCUT2D eigenvalue weighted by molar-refractivity contribution is -0.140. The number of aromatic nitrogens is 4. The van der Waals surface area contributed by atoms with E-state index in [0.29, 0.717) is 19.4 Å². The van der Waals surface area contributed by atoms with Crippen LogP contribution in [0.4, 0.5) is 0 Å². The molecule has 5 heterocycles. The molecule has 2 N–H and O–H groups in total. The van der Waals surface area contributed by atoms with Crippen LogP contribution in [0.5, 0.6) is 5.75 Å². The van der Waals surface area contributed by atoms with Crippen LogP contribution in [0, 0.1) is 20.8 Å². The van der Waals surface area contributed by atoms with Gasteiger partial charge in [0.25, 0.3) is 0 Å². The summed E-state index contributed by atoms with van der Waals surface area (Å²) in [5.74, 6) is -1.91. The van der Waals surface area contributed by atoms with Crippen molar-refractivity contribution in [2.75, 3.05) is 6.61 Å². The molecule has 2 unspecified atom stereocenters. The molecule has 4 aromatic heterocycles. The zero-order chi connectivity index (χ0) is 43.2. The van der Waals surface area contributed by atoms with Gasteiger partial charge in [0.1, 0.15) is 5.75 Å². The van der Waals surface area contributed by atoms with E-state index in [1.54, 1.807) is 0 Å². The number of pyridine rings is 4. The lowest BCUT2D eigenvalue weighted by Gasteiger charge is -2.24. The first-order valence-corrected chi connectivity index (χ1v) is 22.4. The molecule has 0 saturated heterocycles. The number of fused-ring (bicyclic) bond motifs is 4. The van der Waals surface area contributed by atoms with Gasteiger partial charge in [-0.05, 0) is 171 Å². The van der Waals surface area contributed by atoms with E-state index in [1.807, 2.05) is 59.1 Å². The second-order valence-corrected chi connectivity index (χ2v) is 17.4. The molecule has 10 rings (SSSR count). The SMILES string of the molecule is CCCC(C(=O)O)c1c(C)nc2cc3c(cc2c1-c1ccc(C)nc1)CCC3.CCCC(C(=O)O)c1c(C)nc2cc3c(cc2c1-c1ccc2c4c(ccnc14)CCO2)CCC3. The van der Waals surface area contributed by atoms with Crippen molar-refractivity contribution in [3.05, 3.63) is 123 Å². The van der Waals surface area contributed by atoms with Gasteiger partial charge >= 0.3 is 11.9 Å². The number of ether oxygens (including phenoxy) is 1. The standard InChI is InChI=1S/C29H28N2O3.C24H26N2O2/c1-3-5-21(29(32)33)25-16(2)31-23-15-19-7-4-6-18(19)14-22(23)27(25)20-8-9-24-26-17(11-13-34-24)10-12-30-28(20)26;1-4-6-19(24(27)28)22-15(3)26-21-12-17-8-5-7-16(17)11-20(21)23(22)18-10-9-14(2)25-13-18/h8-10,12,14-15,21H,3-7,11,13H2,1-2H3,(H,32,33);9-13,19H,4-8H2,1-3H3,(H,27,28). The summed E-state index contributed by atoms with van der Waals surface area (Å²) in [7, 11) is 0. The van der Waals surface area contributed by atoms with Crippen molar-refractivity contribution in [1.82, 2.24) is 19.9 Å². The Kier molecular flexibility index (Phi) is 11.2. The van der Waals surface area contributed by atoms with Gasteiger partial charge in [-0.2, -0.15) is 0 Å². The highest BCUT2D eigenvalue weighted by Crippen LogP contribution is 2.46. The second kappa shape index (κ2) is 16.9. The molecule has 316 valence electrons. The molecular weight excluding hydrogens is 773 g/mol. The highest BCUT2D eigenvalue weighted by atomic mass is 16.5. The monoisotopic (exact) mass is 826 g/mol. The molecule has 1 aliphatic heterocycles. The number of aryl methyl sites for hydroxylation is 7. The highest BCUT2D eigenvalue weighted by Gasteiger charge is 2.31. The molecule has 2 atom stereocenters. The fourth-order valence-electron chi connectivity index (χ4n) is 10.5. The molecule has 0 radical (unpaired) electrons. The van der Waals surface area contributed by atoms with Crippen LogP contribution in [0.1, 0.15) is 120 Å². The summed E-state index contributed by atoms with van der Waals surface area (Å²) in [6, 6.07) is 19.1. The average Bonchev–Trinajstić information content (AvgIpc) is 3.93. The molecule has 62 heavy (non-hydrogen) atoms. The molecular formula is C53H54N4O5. The Morgan fingerprint density at radius 1 is 0.661 bits per heavy atom. The maximum Gasteiger partial charge on any atom is 0.311 e. The maximum absolute atomic E-state index is 12.5. The van der Waals surface area contributed by atoms with Crippen LogP contribution in [0.2, 0.25) is 0 Å². The third-order valence-corrected chi connectivity index (χ3v) is 13.3. The molecule has 9 heteroatoms. The van der Waals surface area contributed by atoms with Crippen LogP contribution in [0.3, 0.4) is 0 Å². The van der Waals surface area contributed by atoms with E-state index >= 15 is 0 Å². The fraction of sp³-hybridized carbons (Fsp3) is 0.358. The van der Waals surface area contributed by atoms with Gasteiger partial charge < -0.3 is 14.9 Å². The number of hydrogen-bond donors (Lipinski definition) is 2. The van der Waals surface area contributed by atoms with E-state index < -0.39 is 23.8 Å². The first-order chi connectivity index (χ1) is 30.1. The van der Waals surface area contributed by atoms with Crippen LogP contribution in [0.15, 0.2) is 67.0 Å². The lowest BCUT2D eigenvalue weighted by Crippen LogP contribution is -2.16. The smallest absolute Gasteiger partial charge is 0.311 e. The molecule has 3 aromatic carbocycles. The van der Waals surface area contributed by atoms with Gasteiger partial charge in [-0.3, -0.25) is 29.5 Å². The average molecular weight is 827 g/mol. The minimum Gasteiger partial charge on any atom is -0.493 e. The van der Waals surface area contributed by atoms with E-state index in [-0.39, 0.29) is 0 Å². The summed E-state index contributed by atoms with van der Waals surface area (Å²) in [5.41, 5.74) is 17.6. The Hall–Kier alpha value is -6.22. The van der Waals surface area contributed by atoms with Crippen molar-refractivity contribution in [2.45, 2.75) is 117 Å². The first kappa shape index (κ1) is 41.1. The Bertz CT molecular complexity index is 2910. The summed E-state index contributed by atoms with van der Waals surface area (Å²) in [6.45, 7) is 10.6. The van der Waals surface area contributed by atoms with Crippen LogP contribution >= 0.6 is 0 Å². The van der Waals surface area contributed by atoms with Crippen LogP contribution in [-0.4, -0.2) is 48.7 Å². The molecule has 0 bridgehead atoms. The number of carbonyl (C=O) groups is 2. The Morgan fingerprint density at radius 2 is 1.23 bits per heavy atom. The van der Waals surface area contributed by atoms with Crippen molar-refractivity contribution >= 4 is 44.6 Å². The lowest BCUT2D eigenvalue weighted by atomic mass is 9.83. The number of hydrogen-bond acceptors (Lipinski definition) is 7. The van der Waals surface area contributed by atoms with Gasteiger partial charge in [-0.15, -0.1) is 0 Å². The van der Waals surface area contributed by atoms with Gasteiger partial charge in [0.15, 0.2) is 0 Å². The Balaban J connectivity index is 0.000000161. The minimum atomic E-state index is -0.799. The predicted octanol–water partition coefficient (Wildman–Crippen LogP) is 11.5. The summed E-state index contributed by atoms with van der Waals surface area (Å²) in [5, 5.41) is 23.4. The molecule has 2 aliphatic carbocycles. The van der Waals surface area contributed by atoms with Gasteiger partial charge in [0.05, 0.1) is 35.0 Å². The molecule has 0 spiro atoms. The van der Waals surface area contributed by atoms with Crippen LogP contribution in [0.25, 0.3) is 55.0 Å². The number of carboxylic acid groups (broad SMARTS) is 2. The largest absolute Gasteiger partial charge is 0.493 e. The van der Waals surface area contributed by atoms with E-state index in [2.05, 4.69) is 47.4 Å². The Labute approximate surface area is 362 Å². The predicted molar refractivity (Wildman–Crippen MR) is 245 cm³/mol. The fourth-order valence-corrected chi connectivity index (χ4v) is 10.5. The molecule has 0 saturated carbocycles. The third kappa shape index (κ3) is 7.35. The highest BCUT2D eigenvalue weighted by molar-refractivity contribution is 6.08. The molecule has 0 amide bonds. The topological polar surface area (TPSA) is 135 Å². The first-order valence-electron chi connectivity index (χ1n) is 22.4. The van der Waals surface area contributed by atoms with Gasteiger partial charge in [-0.25, -0.2) is 0 Å². The number of rotatable bonds is 10. The molecule has 7 aromatic rings. The van der Waals surface area contributed by atoms with Crippen LogP contribution in [-0.2, 0) is 41.7 Å². The van der Waals surface area contributed by atoms with Crippen LogP contribution < -0.4 is 4.74 Å². The third-order valence-electron chi connectivity index (χ3n) is 13.3. The number of carboxylic acids is 2. The zero-order valence-electron chi connectivity index (χ0n) is 36.4. The van der Waals surface area contributed by atoms with E-state index in [4.69, 9.17) is 19.7 Å². The molecule has 0 fully saturated rings. The summed E-state index contributed by atoms with van der Waals surface area (Å²) >= 11 is 0. The van der Waals surface area contributed by atoms with E-state index in [0.717, 1.165) is 140 Å². The molecule has 9 nitrogen and oxygen atoms in total. The zero-order valence-corrected chi connectivity index (χ0v) is 36.4. The number of nitrogens with zero attached hydrogens (tertiary/aromatic N) is 4. The maximum atomic E-state index is 12.5. The summed E-state index contributed by atoms with van der Waals surface area (Å²) < 4.78 is 5.97. The van der Waals surface area contributed by atoms with Crippen molar-refractivity contribution in [3.63, 3.8) is 0 Å². The van der Waals surface area contributed by atoms with Gasteiger partial charge in [0, 0.05) is 63.2 Å². The van der Waals surface area contributed by atoms with Crippen molar-refractivity contribution < 1.29 is 24.5 Å². The molecule has 3 aliphatic rings. The van der Waals surface area contributed by atoms with E-state index in [1.165, 1.54) is 34.2 Å². The minimum absolute atomic E-state index is 0.563. The second-order valence-electron chi connectivity index (χ2n) is 17.4. The van der Waals surface area contributed by atoms with Gasteiger partial charge in [0.2, 0.25) is 0 Å². The van der Waals surface area contributed by atoms with Crippen molar-refractivity contribution in [3.8, 4) is 28.0 Å². The number of benzene rings is 3. The summed E-state index contributed by atoms with van der Waals surface area (Å²) in [6.07, 6.45) is 14.0. The van der Waals surface area contributed by atoms with Crippen molar-refractivity contribution in [1.29, 1.82) is 0 Å². The summed E-state index contributed by atoms with van der Waals surface area (Å²) in [4.78, 5) is 43.8. The normalized spacial score (nSPS) is 14.9. The quantitative estimate of drug-likeness (QED) is 0.138. The van der Waals surface area contributed by atoms with E-state index in [9.17, 15) is 19.8 Å². The Morgan fingerprint density at radius 3 is 1.77 bits per heavy atom. The van der Waals surface area contributed by atoms with Gasteiger partial charge in [-0.1, -0.05) is 32.8 Å². The number of aliphatic carboxylic acids is 2.